The van der Waals surface area contributed by atoms with Gasteiger partial charge in [-0.1, -0.05) is 31.0 Å². The molecule has 0 spiro atoms. The summed E-state index contributed by atoms with van der Waals surface area (Å²) in [5.41, 5.74) is 2.74. The van der Waals surface area contributed by atoms with E-state index in [1.165, 1.54) is 50.0 Å². The summed E-state index contributed by atoms with van der Waals surface area (Å²) < 4.78 is 0. The van der Waals surface area contributed by atoms with Gasteiger partial charge < -0.3 is 10.2 Å². The van der Waals surface area contributed by atoms with Crippen LogP contribution in [0.3, 0.4) is 0 Å². The van der Waals surface area contributed by atoms with Crippen molar-refractivity contribution in [1.29, 1.82) is 0 Å². The van der Waals surface area contributed by atoms with Crippen LogP contribution in [0.15, 0.2) is 24.3 Å². The molecule has 0 amide bonds. The van der Waals surface area contributed by atoms with E-state index in [1.54, 1.807) is 0 Å². The molecule has 2 aliphatic rings. The van der Waals surface area contributed by atoms with Gasteiger partial charge in [0.25, 0.3) is 0 Å². The summed E-state index contributed by atoms with van der Waals surface area (Å²) in [5, 5.41) is 3.83. The predicted molar refractivity (Wildman–Crippen MR) is 81.7 cm³/mol. The van der Waals surface area contributed by atoms with E-state index in [1.807, 2.05) is 0 Å². The van der Waals surface area contributed by atoms with Crippen molar-refractivity contribution in [3.63, 3.8) is 0 Å². The Labute approximate surface area is 117 Å². The van der Waals surface area contributed by atoms with Gasteiger partial charge in [0.2, 0.25) is 0 Å². The van der Waals surface area contributed by atoms with Crippen molar-refractivity contribution in [3.8, 4) is 0 Å². The van der Waals surface area contributed by atoms with Crippen LogP contribution < -0.4 is 10.2 Å². The molecule has 1 heterocycles. The quantitative estimate of drug-likeness (QED) is 0.891. The molecule has 2 fully saturated rings. The summed E-state index contributed by atoms with van der Waals surface area (Å²) in [5.74, 6) is 0.839. The Balaban J connectivity index is 1.69. The second-order valence-electron chi connectivity index (χ2n) is 6.39. The number of piperidine rings is 1. The van der Waals surface area contributed by atoms with Gasteiger partial charge in [0.15, 0.2) is 0 Å². The van der Waals surface area contributed by atoms with E-state index in [4.69, 9.17) is 0 Å². The van der Waals surface area contributed by atoms with Gasteiger partial charge in [-0.15, -0.1) is 0 Å². The number of nitrogens with one attached hydrogen (secondary N) is 1. The molecule has 1 saturated heterocycles. The molecule has 1 aromatic rings. The van der Waals surface area contributed by atoms with Crippen LogP contribution in [0.1, 0.15) is 38.2 Å². The van der Waals surface area contributed by atoms with Crippen molar-refractivity contribution in [3.05, 3.63) is 29.8 Å². The molecule has 1 aromatic carbocycles. The number of aryl methyl sites for hydroxylation is 1. The van der Waals surface area contributed by atoms with E-state index < -0.39 is 0 Å². The molecular formula is C17H26N2. The van der Waals surface area contributed by atoms with E-state index in [0.717, 1.165) is 12.0 Å². The van der Waals surface area contributed by atoms with Gasteiger partial charge in [0.1, 0.15) is 0 Å². The maximum atomic E-state index is 3.83. The van der Waals surface area contributed by atoms with Crippen molar-refractivity contribution in [2.45, 2.75) is 51.6 Å². The number of rotatable bonds is 4. The van der Waals surface area contributed by atoms with Crippen LogP contribution in [0.5, 0.6) is 0 Å². The van der Waals surface area contributed by atoms with Gasteiger partial charge >= 0.3 is 0 Å². The first-order valence-corrected chi connectivity index (χ1v) is 7.82. The Morgan fingerprint density at radius 2 is 1.84 bits per heavy atom. The van der Waals surface area contributed by atoms with Crippen LogP contribution >= 0.6 is 0 Å². The minimum absolute atomic E-state index is 0.688. The van der Waals surface area contributed by atoms with Gasteiger partial charge in [-0.05, 0) is 44.2 Å². The van der Waals surface area contributed by atoms with Crippen LogP contribution in [0.2, 0.25) is 0 Å². The minimum Gasteiger partial charge on any atom is -0.370 e. The molecule has 3 rings (SSSR count). The lowest BCUT2D eigenvalue weighted by molar-refractivity contribution is 0.325. The van der Waals surface area contributed by atoms with E-state index in [2.05, 4.69) is 48.3 Å². The average molecular weight is 258 g/mol. The van der Waals surface area contributed by atoms with Crippen molar-refractivity contribution in [1.82, 2.24) is 5.32 Å². The van der Waals surface area contributed by atoms with Crippen molar-refractivity contribution >= 4 is 5.69 Å². The lowest BCUT2D eigenvalue weighted by Gasteiger charge is -2.39. The molecule has 1 N–H and O–H groups in total. The molecule has 0 radical (unpaired) electrons. The van der Waals surface area contributed by atoms with Crippen LogP contribution in [0.25, 0.3) is 0 Å². The summed E-state index contributed by atoms with van der Waals surface area (Å²) in [6.45, 7) is 6.89. The maximum absolute atomic E-state index is 3.83. The summed E-state index contributed by atoms with van der Waals surface area (Å²) >= 11 is 0. The molecule has 2 atom stereocenters. The highest BCUT2D eigenvalue weighted by atomic mass is 15.2. The van der Waals surface area contributed by atoms with Gasteiger partial charge in [0.05, 0.1) is 0 Å². The zero-order valence-electron chi connectivity index (χ0n) is 12.2. The zero-order chi connectivity index (χ0) is 13.2. The number of anilines is 1. The third-order valence-corrected chi connectivity index (χ3v) is 4.56. The predicted octanol–water partition coefficient (Wildman–Crippen LogP) is 3.35. The van der Waals surface area contributed by atoms with Gasteiger partial charge in [-0.3, -0.25) is 0 Å². The van der Waals surface area contributed by atoms with E-state index in [0.29, 0.717) is 6.04 Å². The molecule has 0 aromatic heterocycles. The molecule has 2 heteroatoms. The Bertz CT molecular complexity index is 408. The molecule has 2 unspecified atom stereocenters. The maximum Gasteiger partial charge on any atom is 0.0367 e. The monoisotopic (exact) mass is 258 g/mol. The van der Waals surface area contributed by atoms with Crippen LogP contribution in [0.4, 0.5) is 5.69 Å². The zero-order valence-corrected chi connectivity index (χ0v) is 12.2. The van der Waals surface area contributed by atoms with Crippen LogP contribution in [0, 0.1) is 12.8 Å². The second-order valence-corrected chi connectivity index (χ2v) is 6.39. The first-order chi connectivity index (χ1) is 9.24. The van der Waals surface area contributed by atoms with Gasteiger partial charge in [-0.2, -0.15) is 0 Å². The fourth-order valence-corrected chi connectivity index (χ4v) is 3.17. The normalized spacial score (nSPS) is 27.6. The number of benzene rings is 1. The fourth-order valence-electron chi connectivity index (χ4n) is 3.17. The van der Waals surface area contributed by atoms with Crippen molar-refractivity contribution in [2.24, 2.45) is 5.92 Å². The van der Waals surface area contributed by atoms with E-state index in [9.17, 15) is 0 Å². The average Bonchev–Trinajstić information content (AvgIpc) is 3.23. The minimum atomic E-state index is 0.688. The molecule has 0 bridgehead atoms. The largest absolute Gasteiger partial charge is 0.370 e. The number of hydrogen-bond donors (Lipinski definition) is 1. The van der Waals surface area contributed by atoms with E-state index in [-0.39, 0.29) is 0 Å². The number of hydrogen-bond acceptors (Lipinski definition) is 2. The molecule has 104 valence electrons. The van der Waals surface area contributed by atoms with Gasteiger partial charge in [-0.25, -0.2) is 0 Å². The molecule has 1 aliphatic heterocycles. The highest BCUT2D eigenvalue weighted by Gasteiger charge is 2.30. The molecule has 1 saturated carbocycles. The third-order valence-electron chi connectivity index (χ3n) is 4.56. The summed E-state index contributed by atoms with van der Waals surface area (Å²) in [4.78, 5) is 2.58. The molecule has 19 heavy (non-hydrogen) atoms. The smallest absolute Gasteiger partial charge is 0.0367 e. The topological polar surface area (TPSA) is 15.3 Å². The lowest BCUT2D eigenvalue weighted by Crippen LogP contribution is -2.49. The van der Waals surface area contributed by atoms with Crippen LogP contribution in [-0.2, 0) is 0 Å². The molecule has 1 aliphatic carbocycles. The highest BCUT2D eigenvalue weighted by molar-refractivity contribution is 5.48. The van der Waals surface area contributed by atoms with Gasteiger partial charge in [0, 0.05) is 30.9 Å². The van der Waals surface area contributed by atoms with Crippen molar-refractivity contribution < 1.29 is 0 Å². The Kier molecular flexibility index (Phi) is 3.79. The Morgan fingerprint density at radius 3 is 2.47 bits per heavy atom. The summed E-state index contributed by atoms with van der Waals surface area (Å²) in [6.07, 6.45) is 5.43. The summed E-state index contributed by atoms with van der Waals surface area (Å²) in [6, 6.07) is 10.5. The SMILES string of the molecule is CCC1CC(NC2CC2)CN(c2ccc(C)cc2)C1. The Morgan fingerprint density at radius 1 is 1.11 bits per heavy atom. The standard InChI is InChI=1S/C17H26N2/c1-3-14-10-16(18-15-6-7-15)12-19(11-14)17-8-4-13(2)5-9-17/h4-5,8-9,14-16,18H,3,6-7,10-12H2,1-2H3. The lowest BCUT2D eigenvalue weighted by atomic mass is 9.91. The molecular weight excluding hydrogens is 232 g/mol. The first-order valence-electron chi connectivity index (χ1n) is 7.82. The summed E-state index contributed by atoms with van der Waals surface area (Å²) in [7, 11) is 0. The molecule has 2 nitrogen and oxygen atoms in total. The highest BCUT2D eigenvalue weighted by Crippen LogP contribution is 2.28. The first kappa shape index (κ1) is 13.0. The number of nitrogens with zero attached hydrogens (tertiary/aromatic N) is 1. The van der Waals surface area contributed by atoms with Crippen molar-refractivity contribution in [2.75, 3.05) is 18.0 Å². The van der Waals surface area contributed by atoms with Crippen LogP contribution in [-0.4, -0.2) is 25.2 Å². The fraction of sp³-hybridized carbons (Fsp3) is 0.647. The second kappa shape index (κ2) is 5.54. The van der Waals surface area contributed by atoms with E-state index >= 15 is 0 Å². The Hall–Kier alpha value is -1.02. The third kappa shape index (κ3) is 3.30.